The average Bonchev–Trinajstić information content (AvgIpc) is 3.24. The molecule has 2 aromatic carbocycles. The minimum Gasteiger partial charge on any atom is -0.497 e. The van der Waals surface area contributed by atoms with Gasteiger partial charge in [0.1, 0.15) is 12.4 Å². The summed E-state index contributed by atoms with van der Waals surface area (Å²) >= 11 is 1.05. The number of alkyl halides is 3. The zero-order chi connectivity index (χ0) is 24.0. The van der Waals surface area contributed by atoms with Gasteiger partial charge in [-0.05, 0) is 42.0 Å². The van der Waals surface area contributed by atoms with Gasteiger partial charge in [0, 0.05) is 18.4 Å². The number of halogens is 3. The summed E-state index contributed by atoms with van der Waals surface area (Å²) < 4.78 is 49.4. The van der Waals surface area contributed by atoms with Crippen LogP contribution in [0, 0.1) is 0 Å². The van der Waals surface area contributed by atoms with Crippen molar-refractivity contribution in [3.8, 4) is 5.75 Å². The molecule has 10 heteroatoms. The minimum absolute atomic E-state index is 0.0384. The van der Waals surface area contributed by atoms with Gasteiger partial charge < -0.3 is 9.47 Å². The largest absolute Gasteiger partial charge is 0.497 e. The lowest BCUT2D eigenvalue weighted by molar-refractivity contribution is -0.139. The van der Waals surface area contributed by atoms with Crippen molar-refractivity contribution in [2.75, 3.05) is 12.0 Å². The van der Waals surface area contributed by atoms with Crippen LogP contribution in [0.5, 0.6) is 5.75 Å². The molecule has 172 valence electrons. The fourth-order valence-electron chi connectivity index (χ4n) is 2.82. The molecule has 0 unspecified atom stereocenters. The van der Waals surface area contributed by atoms with E-state index in [1.54, 1.807) is 42.8 Å². The van der Waals surface area contributed by atoms with Crippen molar-refractivity contribution in [1.82, 2.24) is 4.98 Å². The van der Waals surface area contributed by atoms with Crippen molar-refractivity contribution in [2.45, 2.75) is 19.7 Å². The van der Waals surface area contributed by atoms with Crippen LogP contribution in [0.1, 0.15) is 23.7 Å². The van der Waals surface area contributed by atoms with Crippen molar-refractivity contribution in [1.29, 1.82) is 0 Å². The predicted octanol–water partition coefficient (Wildman–Crippen LogP) is 5.61. The van der Waals surface area contributed by atoms with Crippen LogP contribution in [0.4, 0.5) is 24.0 Å². The van der Waals surface area contributed by atoms with E-state index in [9.17, 15) is 22.8 Å². The molecule has 0 bridgehead atoms. The Morgan fingerprint density at radius 3 is 2.61 bits per heavy atom. The van der Waals surface area contributed by atoms with Gasteiger partial charge >= 0.3 is 12.1 Å². The van der Waals surface area contributed by atoms with Crippen LogP contribution >= 0.6 is 11.3 Å². The number of hydrogen-bond acceptors (Lipinski definition) is 6. The lowest BCUT2D eigenvalue weighted by atomic mass is 10.2. The first-order valence-electron chi connectivity index (χ1n) is 9.58. The van der Waals surface area contributed by atoms with Crippen LogP contribution in [0.3, 0.4) is 0 Å². The summed E-state index contributed by atoms with van der Waals surface area (Å²) in [6.45, 7) is 1.07. The van der Waals surface area contributed by atoms with E-state index in [-0.39, 0.29) is 17.4 Å². The second-order valence-corrected chi connectivity index (χ2v) is 7.58. The van der Waals surface area contributed by atoms with E-state index >= 15 is 0 Å². The number of amides is 1. The van der Waals surface area contributed by atoms with E-state index in [2.05, 4.69) is 4.98 Å². The smallest absolute Gasteiger partial charge is 0.416 e. The number of nitrogens with zero attached hydrogens (tertiary/aromatic N) is 2. The van der Waals surface area contributed by atoms with Crippen molar-refractivity contribution < 1.29 is 32.2 Å². The Kier molecular flexibility index (Phi) is 7.49. The molecule has 0 saturated heterocycles. The van der Waals surface area contributed by atoms with Crippen LogP contribution < -0.4 is 9.64 Å². The van der Waals surface area contributed by atoms with Gasteiger partial charge in [0.15, 0.2) is 5.13 Å². The Bertz CT molecular complexity index is 1170. The Morgan fingerprint density at radius 1 is 1.15 bits per heavy atom. The third-order valence-electron chi connectivity index (χ3n) is 4.35. The minimum atomic E-state index is -4.54. The molecule has 0 N–H and O–H groups in total. The number of aromatic nitrogens is 1. The average molecular weight is 476 g/mol. The van der Waals surface area contributed by atoms with Gasteiger partial charge in [0.2, 0.25) is 5.91 Å². The van der Waals surface area contributed by atoms with Gasteiger partial charge in [-0.1, -0.05) is 18.2 Å². The lowest BCUT2D eigenvalue weighted by Crippen LogP contribution is -2.23. The molecule has 0 aliphatic carbocycles. The standard InChI is InChI=1S/C23H19F3N2O4S/c1-15(29)28(19-7-4-6-17(12-19)23(24,25)26)22-27-18(14-33-22)13-32-21(30)10-9-16-5-3-8-20(11-16)31-2/h3-12,14H,13H2,1-2H3/b10-9+. The third kappa shape index (κ3) is 6.42. The number of ether oxygens (including phenoxy) is 2. The first kappa shape index (κ1) is 24.0. The van der Waals surface area contributed by atoms with Gasteiger partial charge in [-0.15, -0.1) is 11.3 Å². The zero-order valence-electron chi connectivity index (χ0n) is 17.6. The van der Waals surface area contributed by atoms with Crippen LogP contribution in [-0.2, 0) is 27.1 Å². The van der Waals surface area contributed by atoms with E-state index in [0.29, 0.717) is 11.4 Å². The number of anilines is 2. The molecule has 1 aromatic heterocycles. The Balaban J connectivity index is 1.68. The van der Waals surface area contributed by atoms with E-state index in [4.69, 9.17) is 9.47 Å². The summed E-state index contributed by atoms with van der Waals surface area (Å²) in [5.41, 5.74) is 0.271. The fraction of sp³-hybridized carbons (Fsp3) is 0.174. The van der Waals surface area contributed by atoms with Crippen molar-refractivity contribution in [3.63, 3.8) is 0 Å². The van der Waals surface area contributed by atoms with Crippen LogP contribution in [0.2, 0.25) is 0 Å². The lowest BCUT2D eigenvalue weighted by Gasteiger charge is -2.19. The number of carbonyl (C=O) groups is 2. The topological polar surface area (TPSA) is 68.7 Å². The van der Waals surface area contributed by atoms with Crippen LogP contribution in [-0.4, -0.2) is 24.0 Å². The maximum atomic E-state index is 13.0. The van der Waals surface area contributed by atoms with Crippen LogP contribution in [0.15, 0.2) is 60.0 Å². The highest BCUT2D eigenvalue weighted by Crippen LogP contribution is 2.35. The highest BCUT2D eigenvalue weighted by Gasteiger charge is 2.31. The second-order valence-electron chi connectivity index (χ2n) is 6.74. The fourth-order valence-corrected chi connectivity index (χ4v) is 3.69. The highest BCUT2D eigenvalue weighted by atomic mass is 32.1. The number of carbonyl (C=O) groups excluding carboxylic acids is 2. The predicted molar refractivity (Wildman–Crippen MR) is 118 cm³/mol. The number of thiazole rings is 1. The van der Waals surface area contributed by atoms with Crippen molar-refractivity contribution >= 4 is 40.1 Å². The molecule has 3 aromatic rings. The van der Waals surface area contributed by atoms with Crippen molar-refractivity contribution in [2.24, 2.45) is 0 Å². The van der Waals surface area contributed by atoms with Gasteiger partial charge in [0.05, 0.1) is 24.1 Å². The number of esters is 1. The summed E-state index contributed by atoms with van der Waals surface area (Å²) in [6, 6.07) is 11.5. The summed E-state index contributed by atoms with van der Waals surface area (Å²) in [4.78, 5) is 29.5. The molecule has 3 rings (SSSR count). The van der Waals surface area contributed by atoms with E-state index in [1.165, 1.54) is 25.1 Å². The molecular weight excluding hydrogens is 457 g/mol. The molecular formula is C23H19F3N2O4S. The Morgan fingerprint density at radius 2 is 1.91 bits per heavy atom. The number of benzene rings is 2. The summed E-state index contributed by atoms with van der Waals surface area (Å²) in [6.07, 6.45) is -1.71. The molecule has 1 heterocycles. The summed E-state index contributed by atoms with van der Waals surface area (Å²) in [5, 5.41) is 1.73. The van der Waals surface area contributed by atoms with Gasteiger partial charge in [-0.2, -0.15) is 13.2 Å². The molecule has 0 fully saturated rings. The number of methoxy groups -OCH3 is 1. The van der Waals surface area contributed by atoms with E-state index in [1.807, 2.05) is 0 Å². The monoisotopic (exact) mass is 476 g/mol. The SMILES string of the molecule is COc1cccc(/C=C/C(=O)OCc2csc(N(C(C)=O)c3cccc(C(F)(F)F)c3)n2)c1. The Labute approximate surface area is 191 Å². The van der Waals surface area contributed by atoms with Gasteiger partial charge in [0.25, 0.3) is 0 Å². The maximum absolute atomic E-state index is 13.0. The molecule has 0 spiro atoms. The van der Waals surface area contributed by atoms with Crippen LogP contribution in [0.25, 0.3) is 6.08 Å². The quantitative estimate of drug-likeness (QED) is 0.327. The third-order valence-corrected chi connectivity index (χ3v) is 5.22. The molecule has 33 heavy (non-hydrogen) atoms. The highest BCUT2D eigenvalue weighted by molar-refractivity contribution is 7.14. The maximum Gasteiger partial charge on any atom is 0.416 e. The zero-order valence-corrected chi connectivity index (χ0v) is 18.4. The van der Waals surface area contributed by atoms with Gasteiger partial charge in [-0.3, -0.25) is 9.69 Å². The second kappa shape index (κ2) is 10.3. The van der Waals surface area contributed by atoms with Crippen molar-refractivity contribution in [3.05, 3.63) is 76.8 Å². The molecule has 0 radical (unpaired) electrons. The summed E-state index contributed by atoms with van der Waals surface area (Å²) in [5.74, 6) is -0.460. The molecule has 6 nitrogen and oxygen atoms in total. The molecule has 1 amide bonds. The Hall–Kier alpha value is -3.66. The molecule has 0 aliphatic heterocycles. The molecule has 0 saturated carbocycles. The molecule has 0 aliphatic rings. The van der Waals surface area contributed by atoms with Gasteiger partial charge in [-0.25, -0.2) is 9.78 Å². The number of hydrogen-bond donors (Lipinski definition) is 0. The molecule has 0 atom stereocenters. The normalized spacial score (nSPS) is 11.4. The summed E-state index contributed by atoms with van der Waals surface area (Å²) in [7, 11) is 1.54. The van der Waals surface area contributed by atoms with E-state index in [0.717, 1.165) is 33.9 Å². The number of rotatable bonds is 7. The first-order chi connectivity index (χ1) is 15.7. The van der Waals surface area contributed by atoms with E-state index < -0.39 is 23.6 Å². The first-order valence-corrected chi connectivity index (χ1v) is 10.5.